The van der Waals surface area contributed by atoms with E-state index in [1.54, 1.807) is 19.2 Å². The lowest BCUT2D eigenvalue weighted by Gasteiger charge is -2.16. The topological polar surface area (TPSA) is 50.7 Å². The van der Waals surface area contributed by atoms with E-state index in [1.807, 2.05) is 32.0 Å². The molecular weight excluding hydrogens is 309 g/mol. The summed E-state index contributed by atoms with van der Waals surface area (Å²) in [6, 6.07) is 10.5. The Hall–Kier alpha value is -2.11. The van der Waals surface area contributed by atoms with Crippen molar-refractivity contribution < 1.29 is 19.0 Å². The van der Waals surface area contributed by atoms with Gasteiger partial charge in [0.2, 0.25) is 0 Å². The number of ether oxygens (including phenoxy) is 2. The molecule has 0 fully saturated rings. The molecule has 0 aromatic heterocycles. The van der Waals surface area contributed by atoms with Crippen molar-refractivity contribution in [2.45, 2.75) is 39.6 Å². The van der Waals surface area contributed by atoms with Gasteiger partial charge >= 0.3 is 0 Å². The number of aliphatic hydroxyl groups excluding tert-OH is 1. The van der Waals surface area contributed by atoms with Crippen LogP contribution in [0, 0.1) is 5.82 Å². The van der Waals surface area contributed by atoms with E-state index < -0.39 is 0 Å². The van der Waals surface area contributed by atoms with Gasteiger partial charge in [-0.3, -0.25) is 0 Å². The van der Waals surface area contributed by atoms with Gasteiger partial charge in [-0.05, 0) is 37.6 Å². The highest BCUT2D eigenvalue weighted by molar-refractivity contribution is 5.41. The third kappa shape index (κ3) is 4.94. The molecule has 4 nitrogen and oxygen atoms in total. The lowest BCUT2D eigenvalue weighted by atomic mass is 10.1. The molecule has 0 aliphatic carbocycles. The quantitative estimate of drug-likeness (QED) is 0.777. The highest BCUT2D eigenvalue weighted by atomic mass is 19.1. The first kappa shape index (κ1) is 18.2. The number of halogens is 1. The molecular formula is C19H24FNO3. The van der Waals surface area contributed by atoms with Crippen molar-refractivity contribution in [2.24, 2.45) is 0 Å². The molecule has 0 saturated heterocycles. The Labute approximate surface area is 142 Å². The summed E-state index contributed by atoms with van der Waals surface area (Å²) in [6.45, 7) is 4.83. The normalized spacial score (nSPS) is 10.9. The summed E-state index contributed by atoms with van der Waals surface area (Å²) in [5, 5.41) is 12.4. The molecule has 0 spiro atoms. The minimum absolute atomic E-state index is 0.0695. The van der Waals surface area contributed by atoms with Crippen molar-refractivity contribution in [3.8, 4) is 11.5 Å². The monoisotopic (exact) mass is 333 g/mol. The second-order valence-electron chi connectivity index (χ2n) is 5.83. The zero-order chi connectivity index (χ0) is 17.5. The van der Waals surface area contributed by atoms with Gasteiger partial charge in [-0.1, -0.05) is 12.1 Å². The molecule has 2 rings (SSSR count). The molecule has 2 aromatic carbocycles. The molecule has 0 radical (unpaired) electrons. The van der Waals surface area contributed by atoms with Gasteiger partial charge in [-0.15, -0.1) is 0 Å². The van der Waals surface area contributed by atoms with Gasteiger partial charge in [0.15, 0.2) is 0 Å². The first-order chi connectivity index (χ1) is 11.5. The molecule has 5 heteroatoms. The summed E-state index contributed by atoms with van der Waals surface area (Å²) < 4.78 is 24.5. The van der Waals surface area contributed by atoms with E-state index in [-0.39, 0.29) is 18.5 Å². The summed E-state index contributed by atoms with van der Waals surface area (Å²) >= 11 is 0. The van der Waals surface area contributed by atoms with Gasteiger partial charge in [0.05, 0.1) is 19.8 Å². The first-order valence-corrected chi connectivity index (χ1v) is 7.96. The zero-order valence-electron chi connectivity index (χ0n) is 14.3. The molecule has 24 heavy (non-hydrogen) atoms. The highest BCUT2D eigenvalue weighted by Gasteiger charge is 2.08. The number of rotatable bonds is 8. The Morgan fingerprint density at radius 1 is 1.08 bits per heavy atom. The van der Waals surface area contributed by atoms with Crippen LogP contribution < -0.4 is 14.8 Å². The summed E-state index contributed by atoms with van der Waals surface area (Å²) in [5.41, 5.74) is 2.25. The molecule has 0 aliphatic heterocycles. The molecule has 0 bridgehead atoms. The fourth-order valence-electron chi connectivity index (χ4n) is 2.37. The average molecular weight is 333 g/mol. The number of nitrogens with one attached hydrogen (secondary N) is 1. The van der Waals surface area contributed by atoms with Crippen molar-refractivity contribution in [1.82, 2.24) is 5.32 Å². The van der Waals surface area contributed by atoms with E-state index in [4.69, 9.17) is 14.6 Å². The molecule has 0 saturated carbocycles. The third-order valence-electron chi connectivity index (χ3n) is 3.56. The van der Waals surface area contributed by atoms with E-state index >= 15 is 0 Å². The maximum Gasteiger partial charge on any atom is 0.128 e. The van der Waals surface area contributed by atoms with Gasteiger partial charge in [-0.25, -0.2) is 4.39 Å². The van der Waals surface area contributed by atoms with Crippen LogP contribution in [0.15, 0.2) is 36.4 Å². The average Bonchev–Trinajstić information content (AvgIpc) is 2.57. The van der Waals surface area contributed by atoms with Crippen LogP contribution in [0.3, 0.4) is 0 Å². The number of hydrogen-bond acceptors (Lipinski definition) is 4. The van der Waals surface area contributed by atoms with Crippen molar-refractivity contribution >= 4 is 0 Å². The van der Waals surface area contributed by atoms with E-state index in [9.17, 15) is 4.39 Å². The number of aliphatic hydroxyl groups is 1. The predicted molar refractivity (Wildman–Crippen MR) is 91.6 cm³/mol. The van der Waals surface area contributed by atoms with Gasteiger partial charge in [-0.2, -0.15) is 0 Å². The van der Waals surface area contributed by atoms with Crippen LogP contribution in [0.2, 0.25) is 0 Å². The predicted octanol–water partition coefficient (Wildman–Crippen LogP) is 3.40. The molecule has 130 valence electrons. The molecule has 0 heterocycles. The van der Waals surface area contributed by atoms with Crippen molar-refractivity contribution in [1.29, 1.82) is 0 Å². The number of benzene rings is 2. The SMILES string of the molecule is COc1ccc(CNCc2ccc(F)c(CO)c2)c(OC(C)C)c1. The largest absolute Gasteiger partial charge is 0.497 e. The minimum Gasteiger partial charge on any atom is -0.497 e. The van der Waals surface area contributed by atoms with Crippen LogP contribution in [0.1, 0.15) is 30.5 Å². The molecule has 0 atom stereocenters. The van der Waals surface area contributed by atoms with Gasteiger partial charge in [0.25, 0.3) is 0 Å². The van der Waals surface area contributed by atoms with Crippen molar-refractivity contribution in [3.63, 3.8) is 0 Å². The maximum atomic E-state index is 13.4. The second-order valence-corrected chi connectivity index (χ2v) is 5.83. The fraction of sp³-hybridized carbons (Fsp3) is 0.368. The summed E-state index contributed by atoms with van der Waals surface area (Å²) in [6.07, 6.45) is 0.0695. The van der Waals surface area contributed by atoms with Crippen LogP contribution in [-0.4, -0.2) is 18.3 Å². The van der Waals surface area contributed by atoms with Crippen LogP contribution in [-0.2, 0) is 19.7 Å². The fourth-order valence-corrected chi connectivity index (χ4v) is 2.37. The first-order valence-electron chi connectivity index (χ1n) is 7.96. The van der Waals surface area contributed by atoms with Crippen molar-refractivity contribution in [2.75, 3.05) is 7.11 Å². The third-order valence-corrected chi connectivity index (χ3v) is 3.56. The Kier molecular flexibility index (Phi) is 6.58. The molecule has 2 N–H and O–H groups in total. The van der Waals surface area contributed by atoms with Crippen LogP contribution in [0.5, 0.6) is 11.5 Å². The molecule has 0 aliphatic rings. The van der Waals surface area contributed by atoms with E-state index in [2.05, 4.69) is 5.32 Å². The number of hydrogen-bond donors (Lipinski definition) is 2. The Balaban J connectivity index is 2.03. The van der Waals surface area contributed by atoms with E-state index in [1.165, 1.54) is 6.07 Å². The second kappa shape index (κ2) is 8.66. The maximum absolute atomic E-state index is 13.4. The summed E-state index contributed by atoms with van der Waals surface area (Å²) in [4.78, 5) is 0. The summed E-state index contributed by atoms with van der Waals surface area (Å²) in [5.74, 6) is 1.15. The Morgan fingerprint density at radius 3 is 2.54 bits per heavy atom. The number of methoxy groups -OCH3 is 1. The van der Waals surface area contributed by atoms with Crippen LogP contribution in [0.25, 0.3) is 0 Å². The van der Waals surface area contributed by atoms with Gasteiger partial charge < -0.3 is 19.9 Å². The smallest absolute Gasteiger partial charge is 0.128 e. The standard InChI is InChI=1S/C19H24FNO3/c1-13(2)24-19-9-17(23-3)6-5-15(19)11-21-10-14-4-7-18(20)16(8-14)12-22/h4-9,13,21-22H,10-12H2,1-3H3. The zero-order valence-corrected chi connectivity index (χ0v) is 14.3. The Bertz CT molecular complexity index is 674. The van der Waals surface area contributed by atoms with Crippen LogP contribution >= 0.6 is 0 Å². The molecule has 2 aromatic rings. The van der Waals surface area contributed by atoms with Crippen LogP contribution in [0.4, 0.5) is 4.39 Å². The van der Waals surface area contributed by atoms with E-state index in [0.29, 0.717) is 18.7 Å². The van der Waals surface area contributed by atoms with Gasteiger partial charge in [0.1, 0.15) is 17.3 Å². The Morgan fingerprint density at radius 2 is 1.88 bits per heavy atom. The van der Waals surface area contributed by atoms with Gasteiger partial charge in [0, 0.05) is 30.3 Å². The molecule has 0 unspecified atom stereocenters. The van der Waals surface area contributed by atoms with E-state index in [0.717, 1.165) is 22.6 Å². The van der Waals surface area contributed by atoms with Crippen molar-refractivity contribution in [3.05, 3.63) is 58.9 Å². The minimum atomic E-state index is -0.385. The lowest BCUT2D eigenvalue weighted by molar-refractivity contribution is 0.238. The lowest BCUT2D eigenvalue weighted by Crippen LogP contribution is -2.15. The summed E-state index contributed by atoms with van der Waals surface area (Å²) in [7, 11) is 1.62. The highest BCUT2D eigenvalue weighted by Crippen LogP contribution is 2.26. The molecule has 0 amide bonds.